The Balaban J connectivity index is 1.31. The number of ether oxygens (including phenoxy) is 2. The molecule has 0 radical (unpaired) electrons. The second-order valence-electron chi connectivity index (χ2n) is 10.7. The summed E-state index contributed by atoms with van der Waals surface area (Å²) in [6, 6.07) is 15.9. The van der Waals surface area contributed by atoms with Crippen LogP contribution in [-0.4, -0.2) is 60.8 Å². The molecule has 4 heterocycles. The van der Waals surface area contributed by atoms with Crippen molar-refractivity contribution >= 4 is 33.3 Å². The van der Waals surface area contributed by atoms with Crippen LogP contribution in [-0.2, 0) is 4.74 Å². The zero-order valence-corrected chi connectivity index (χ0v) is 21.9. The lowest BCUT2D eigenvalue weighted by molar-refractivity contribution is 0.0948. The minimum atomic E-state index is -0.346. The number of nitrogens with one attached hydrogen (secondary N) is 2. The van der Waals surface area contributed by atoms with Crippen molar-refractivity contribution in [1.82, 2.24) is 14.8 Å². The Hall–Kier alpha value is -3.88. The van der Waals surface area contributed by atoms with Crippen molar-refractivity contribution in [1.29, 1.82) is 0 Å². The topological polar surface area (TPSA) is 84.8 Å². The molecule has 3 aromatic carbocycles. The van der Waals surface area contributed by atoms with Gasteiger partial charge in [-0.2, -0.15) is 0 Å². The van der Waals surface area contributed by atoms with Crippen LogP contribution in [0.25, 0.3) is 27.4 Å². The summed E-state index contributed by atoms with van der Waals surface area (Å²) >= 11 is 0. The average molecular weight is 525 g/mol. The summed E-state index contributed by atoms with van der Waals surface area (Å²) in [5.74, 6) is 0.921. The third kappa shape index (κ3) is 4.43. The number of nitrogens with zero attached hydrogens (tertiary/aromatic N) is 2. The fraction of sp³-hybridized carbons (Fsp3) is 0.355. The van der Waals surface area contributed by atoms with Crippen molar-refractivity contribution in [3.63, 3.8) is 0 Å². The molecule has 7 rings (SSSR count). The van der Waals surface area contributed by atoms with E-state index in [-0.39, 0.29) is 23.0 Å². The number of rotatable bonds is 7. The van der Waals surface area contributed by atoms with E-state index in [0.29, 0.717) is 35.5 Å². The van der Waals surface area contributed by atoms with Gasteiger partial charge in [0.25, 0.3) is 5.91 Å². The third-order valence-corrected chi connectivity index (χ3v) is 8.12. The first-order valence-electron chi connectivity index (χ1n) is 13.9. The molecule has 1 amide bonds. The maximum atomic E-state index is 13.7. The van der Waals surface area contributed by atoms with Crippen molar-refractivity contribution in [3.05, 3.63) is 70.5 Å². The molecular formula is C31H32N4O4. The zero-order chi connectivity index (χ0) is 26.3. The summed E-state index contributed by atoms with van der Waals surface area (Å²) < 4.78 is 14.3. The quantitative estimate of drug-likeness (QED) is 0.322. The molecule has 2 N–H and O–H groups in total. The molecule has 2 fully saturated rings. The molecule has 0 bridgehead atoms. The Labute approximate surface area is 226 Å². The van der Waals surface area contributed by atoms with Gasteiger partial charge in [0.15, 0.2) is 11.5 Å². The van der Waals surface area contributed by atoms with E-state index in [1.165, 1.54) is 12.8 Å². The van der Waals surface area contributed by atoms with E-state index in [0.717, 1.165) is 61.2 Å². The first-order valence-corrected chi connectivity index (χ1v) is 13.9. The second-order valence-corrected chi connectivity index (χ2v) is 10.7. The molecule has 1 unspecified atom stereocenters. The second kappa shape index (κ2) is 10.0. The van der Waals surface area contributed by atoms with Gasteiger partial charge in [0.05, 0.1) is 22.9 Å². The normalized spacial score (nSPS) is 18.3. The maximum absolute atomic E-state index is 13.7. The lowest BCUT2D eigenvalue weighted by Crippen LogP contribution is -2.36. The molecule has 8 heteroatoms. The van der Waals surface area contributed by atoms with E-state index < -0.39 is 0 Å². The predicted molar refractivity (Wildman–Crippen MR) is 153 cm³/mol. The number of benzene rings is 3. The highest BCUT2D eigenvalue weighted by molar-refractivity contribution is 6.01. The molecule has 3 aliphatic rings. The Morgan fingerprint density at radius 2 is 1.85 bits per heavy atom. The first-order chi connectivity index (χ1) is 19.2. The fourth-order valence-electron chi connectivity index (χ4n) is 6.03. The summed E-state index contributed by atoms with van der Waals surface area (Å²) in [5, 5.41) is 9.04. The highest BCUT2D eigenvalue weighted by atomic mass is 16.5. The minimum absolute atomic E-state index is 0.135. The van der Waals surface area contributed by atoms with Gasteiger partial charge in [-0.25, -0.2) is 0 Å². The van der Waals surface area contributed by atoms with Crippen LogP contribution in [0.15, 0.2) is 59.5 Å². The smallest absolute Gasteiger partial charge is 0.256 e. The Morgan fingerprint density at radius 1 is 1.03 bits per heavy atom. The van der Waals surface area contributed by atoms with Gasteiger partial charge in [-0.15, -0.1) is 0 Å². The number of carbonyl (C=O) groups excluding carboxylic acids is 1. The molecular weight excluding hydrogens is 492 g/mol. The number of pyridine rings is 1. The SMILES string of the molecule is O=C(NCCN1CCCC1)c1cn2c3c(c(NCC4CCCO4)ccc3c1=O)Oc1cc3ccccc3cc1-2. The van der Waals surface area contributed by atoms with Gasteiger partial charge >= 0.3 is 0 Å². The van der Waals surface area contributed by atoms with E-state index in [1.807, 2.05) is 28.8 Å². The van der Waals surface area contributed by atoms with Gasteiger partial charge in [0.1, 0.15) is 11.1 Å². The Kier molecular flexibility index (Phi) is 6.21. The van der Waals surface area contributed by atoms with Crippen molar-refractivity contribution < 1.29 is 14.3 Å². The predicted octanol–water partition coefficient (Wildman–Crippen LogP) is 4.67. The lowest BCUT2D eigenvalue weighted by Gasteiger charge is -2.26. The van der Waals surface area contributed by atoms with Crippen LogP contribution in [0.2, 0.25) is 0 Å². The summed E-state index contributed by atoms with van der Waals surface area (Å²) in [5.41, 5.74) is 2.10. The summed E-state index contributed by atoms with van der Waals surface area (Å²) in [7, 11) is 0. The number of anilines is 1. The number of fused-ring (bicyclic) bond motifs is 3. The van der Waals surface area contributed by atoms with Crippen LogP contribution in [0.5, 0.6) is 11.5 Å². The molecule has 0 aliphatic carbocycles. The molecule has 2 saturated heterocycles. The van der Waals surface area contributed by atoms with E-state index in [2.05, 4.69) is 33.7 Å². The maximum Gasteiger partial charge on any atom is 0.256 e. The molecule has 3 aliphatic heterocycles. The van der Waals surface area contributed by atoms with Crippen LogP contribution in [0.4, 0.5) is 5.69 Å². The first kappa shape index (κ1) is 24.2. The molecule has 8 nitrogen and oxygen atoms in total. The van der Waals surface area contributed by atoms with Gasteiger partial charge in [0, 0.05) is 32.4 Å². The Bertz CT molecular complexity index is 1630. The molecule has 0 spiro atoms. The van der Waals surface area contributed by atoms with Crippen LogP contribution in [0, 0.1) is 0 Å². The highest BCUT2D eigenvalue weighted by Gasteiger charge is 2.27. The van der Waals surface area contributed by atoms with Crippen molar-refractivity contribution in [2.24, 2.45) is 0 Å². The Morgan fingerprint density at radius 3 is 2.64 bits per heavy atom. The summed E-state index contributed by atoms with van der Waals surface area (Å²) in [6.45, 7) is 4.88. The molecule has 1 atom stereocenters. The molecule has 0 saturated carbocycles. The van der Waals surface area contributed by atoms with Crippen LogP contribution >= 0.6 is 0 Å². The number of hydrogen-bond acceptors (Lipinski definition) is 6. The largest absolute Gasteiger partial charge is 0.451 e. The molecule has 4 aromatic rings. The van der Waals surface area contributed by atoms with Gasteiger partial charge < -0.3 is 29.6 Å². The van der Waals surface area contributed by atoms with Crippen LogP contribution < -0.4 is 20.8 Å². The number of amides is 1. The number of carbonyl (C=O) groups is 1. The number of likely N-dealkylation sites (tertiary alicyclic amines) is 1. The van der Waals surface area contributed by atoms with Gasteiger partial charge in [-0.3, -0.25) is 9.59 Å². The fourth-order valence-corrected chi connectivity index (χ4v) is 6.03. The van der Waals surface area contributed by atoms with Gasteiger partial charge in [-0.05, 0) is 73.8 Å². The van der Waals surface area contributed by atoms with Crippen molar-refractivity contribution in [2.75, 3.05) is 44.6 Å². The van der Waals surface area contributed by atoms with E-state index in [9.17, 15) is 9.59 Å². The van der Waals surface area contributed by atoms with Crippen LogP contribution in [0.3, 0.4) is 0 Å². The minimum Gasteiger partial charge on any atom is -0.451 e. The zero-order valence-electron chi connectivity index (χ0n) is 21.9. The van der Waals surface area contributed by atoms with E-state index in [1.54, 1.807) is 12.3 Å². The van der Waals surface area contributed by atoms with Crippen molar-refractivity contribution in [3.8, 4) is 17.2 Å². The average Bonchev–Trinajstić information content (AvgIpc) is 3.67. The molecule has 39 heavy (non-hydrogen) atoms. The third-order valence-electron chi connectivity index (χ3n) is 8.12. The standard InChI is InChI=1S/C31H32N4O4/c36-29-23-9-10-25(33-18-22-8-5-15-38-22)30-28(23)35(19-24(29)31(37)32-11-14-34-12-3-4-13-34)26-16-20-6-1-2-7-21(20)17-27(26)39-30/h1-2,6-7,9-10,16-17,19,22,33H,3-5,8,11-15,18H2,(H,32,37). The summed E-state index contributed by atoms with van der Waals surface area (Å²) in [6.07, 6.45) is 6.32. The lowest BCUT2D eigenvalue weighted by atomic mass is 10.0. The van der Waals surface area contributed by atoms with Crippen LogP contribution in [0.1, 0.15) is 36.0 Å². The van der Waals surface area contributed by atoms with Gasteiger partial charge in [0.2, 0.25) is 5.43 Å². The highest BCUT2D eigenvalue weighted by Crippen LogP contribution is 2.45. The number of hydrogen-bond donors (Lipinski definition) is 2. The van der Waals surface area contributed by atoms with E-state index in [4.69, 9.17) is 9.47 Å². The summed E-state index contributed by atoms with van der Waals surface area (Å²) in [4.78, 5) is 29.3. The van der Waals surface area contributed by atoms with E-state index >= 15 is 0 Å². The van der Waals surface area contributed by atoms with Gasteiger partial charge in [-0.1, -0.05) is 24.3 Å². The monoisotopic (exact) mass is 524 g/mol. The molecule has 1 aromatic heterocycles. The van der Waals surface area contributed by atoms with Crippen molar-refractivity contribution in [2.45, 2.75) is 31.8 Å². The molecule has 200 valence electrons. The number of aromatic nitrogens is 1.